The minimum absolute atomic E-state index is 0.0204. The second-order valence-corrected chi connectivity index (χ2v) is 13.4. The van der Waals surface area contributed by atoms with E-state index >= 15 is 0 Å². The molecule has 0 N–H and O–H groups in total. The van der Waals surface area contributed by atoms with Gasteiger partial charge in [-0.2, -0.15) is 36.2 Å². The lowest BCUT2D eigenvalue weighted by Crippen LogP contribution is -2.55. The SMILES string of the molecule is CCCCOC(=O)CCSCCC(=O)OCCn1c(=O)n(CCOC(=O)CCS)c(=O)n(CCOC(=O)CCSCCC(=O)OCCC)c1=O. The Morgan fingerprint density at radius 3 is 1.14 bits per heavy atom. The zero-order chi connectivity index (χ0) is 37.1. The lowest BCUT2D eigenvalue weighted by Gasteiger charge is -2.14. The molecule has 0 saturated heterocycles. The second kappa shape index (κ2) is 27.5. The summed E-state index contributed by atoms with van der Waals surface area (Å²) in [5.74, 6) is -0.391. The van der Waals surface area contributed by atoms with Gasteiger partial charge in [-0.15, -0.1) is 0 Å². The van der Waals surface area contributed by atoms with Crippen LogP contribution in [0.5, 0.6) is 0 Å². The Kier molecular flexibility index (Phi) is 24.7. The van der Waals surface area contributed by atoms with Crippen LogP contribution >= 0.6 is 36.2 Å². The summed E-state index contributed by atoms with van der Waals surface area (Å²) in [6.07, 6.45) is 2.97. The highest BCUT2D eigenvalue weighted by Gasteiger charge is 2.17. The zero-order valence-electron chi connectivity index (χ0n) is 28.8. The summed E-state index contributed by atoms with van der Waals surface area (Å²) >= 11 is 6.71. The lowest BCUT2D eigenvalue weighted by molar-refractivity contribution is -0.144. The van der Waals surface area contributed by atoms with Crippen molar-refractivity contribution < 1.29 is 47.7 Å². The van der Waals surface area contributed by atoms with Crippen molar-refractivity contribution in [1.29, 1.82) is 0 Å². The molecule has 0 spiro atoms. The smallest absolute Gasteiger partial charge is 0.336 e. The maximum Gasteiger partial charge on any atom is 0.336 e. The van der Waals surface area contributed by atoms with Crippen molar-refractivity contribution >= 4 is 66.0 Å². The van der Waals surface area contributed by atoms with Gasteiger partial charge in [0, 0.05) is 28.8 Å². The van der Waals surface area contributed by atoms with Crippen LogP contribution in [0.4, 0.5) is 0 Å². The number of nitrogens with zero attached hydrogens (tertiary/aromatic N) is 3. The van der Waals surface area contributed by atoms with Crippen molar-refractivity contribution in [2.45, 2.75) is 84.8 Å². The first-order valence-corrected chi connectivity index (χ1v) is 19.5. The Balaban J connectivity index is 2.76. The number of hydrogen-bond donors (Lipinski definition) is 1. The van der Waals surface area contributed by atoms with E-state index in [-0.39, 0.29) is 89.3 Å². The van der Waals surface area contributed by atoms with Gasteiger partial charge in [0.15, 0.2) is 0 Å². The topological polar surface area (TPSA) is 197 Å². The fourth-order valence-electron chi connectivity index (χ4n) is 3.83. The van der Waals surface area contributed by atoms with Crippen LogP contribution in [0.15, 0.2) is 14.4 Å². The Hall–Kier alpha value is -3.19. The molecule has 0 saturated carbocycles. The third-order valence-electron chi connectivity index (χ3n) is 6.47. The van der Waals surface area contributed by atoms with Crippen molar-refractivity contribution in [3.8, 4) is 0 Å². The normalized spacial score (nSPS) is 10.8. The molecular formula is C31H49N3O13S3. The van der Waals surface area contributed by atoms with Gasteiger partial charge in [-0.3, -0.25) is 24.0 Å². The van der Waals surface area contributed by atoms with Gasteiger partial charge in [0.25, 0.3) is 0 Å². The molecule has 0 aliphatic heterocycles. The van der Waals surface area contributed by atoms with Gasteiger partial charge in [-0.1, -0.05) is 20.3 Å². The van der Waals surface area contributed by atoms with Crippen LogP contribution in [-0.4, -0.2) is 105 Å². The largest absolute Gasteiger partial charge is 0.466 e. The summed E-state index contributed by atoms with van der Waals surface area (Å²) in [4.78, 5) is 98.8. The number of aromatic nitrogens is 3. The third-order valence-corrected chi connectivity index (χ3v) is 8.66. The van der Waals surface area contributed by atoms with Crippen molar-refractivity contribution in [1.82, 2.24) is 13.7 Å². The van der Waals surface area contributed by atoms with Gasteiger partial charge in [-0.05, 0) is 12.8 Å². The van der Waals surface area contributed by atoms with E-state index in [9.17, 15) is 38.4 Å². The van der Waals surface area contributed by atoms with E-state index in [1.165, 1.54) is 23.5 Å². The summed E-state index contributed by atoms with van der Waals surface area (Å²) in [5, 5.41) is 0. The van der Waals surface area contributed by atoms with Crippen LogP contribution in [0.25, 0.3) is 0 Å². The van der Waals surface area contributed by atoms with Gasteiger partial charge >= 0.3 is 46.9 Å². The molecule has 50 heavy (non-hydrogen) atoms. The summed E-state index contributed by atoms with van der Waals surface area (Å²) in [7, 11) is 0. The Morgan fingerprint density at radius 1 is 0.500 bits per heavy atom. The van der Waals surface area contributed by atoms with Gasteiger partial charge < -0.3 is 23.7 Å². The zero-order valence-corrected chi connectivity index (χ0v) is 31.3. The highest BCUT2D eigenvalue weighted by molar-refractivity contribution is 7.99. The lowest BCUT2D eigenvalue weighted by atomic mass is 10.4. The number of thiol groups is 1. The van der Waals surface area contributed by atoms with E-state index in [0.717, 1.165) is 19.3 Å². The molecule has 1 heterocycles. The molecular weight excluding hydrogens is 719 g/mol. The molecule has 0 aliphatic rings. The first kappa shape index (κ1) is 44.8. The van der Waals surface area contributed by atoms with Crippen LogP contribution in [0, 0.1) is 0 Å². The summed E-state index contributed by atoms with van der Waals surface area (Å²) in [6, 6.07) is 0. The number of ether oxygens (including phenoxy) is 5. The first-order chi connectivity index (χ1) is 24.0. The second-order valence-electron chi connectivity index (χ2n) is 10.5. The summed E-state index contributed by atoms with van der Waals surface area (Å²) < 4.78 is 27.6. The highest BCUT2D eigenvalue weighted by Crippen LogP contribution is 2.08. The highest BCUT2D eigenvalue weighted by atomic mass is 32.2. The van der Waals surface area contributed by atoms with E-state index in [2.05, 4.69) is 12.6 Å². The van der Waals surface area contributed by atoms with Crippen LogP contribution in [0.1, 0.15) is 65.2 Å². The number of hydrogen-bond acceptors (Lipinski definition) is 16. The number of unbranched alkanes of at least 4 members (excludes halogenated alkanes) is 1. The molecule has 0 bridgehead atoms. The van der Waals surface area contributed by atoms with E-state index in [0.29, 0.717) is 49.9 Å². The van der Waals surface area contributed by atoms with E-state index in [4.69, 9.17) is 23.7 Å². The molecule has 0 aromatic carbocycles. The molecule has 0 radical (unpaired) electrons. The summed E-state index contributed by atoms with van der Waals surface area (Å²) in [6.45, 7) is 2.51. The molecule has 1 aromatic heterocycles. The molecule has 1 rings (SSSR count). The number of carbonyl (C=O) groups is 5. The maximum absolute atomic E-state index is 13.2. The predicted molar refractivity (Wildman–Crippen MR) is 191 cm³/mol. The Bertz CT molecular complexity index is 1390. The van der Waals surface area contributed by atoms with E-state index in [1.54, 1.807) is 0 Å². The predicted octanol–water partition coefficient (Wildman–Crippen LogP) is 1.44. The van der Waals surface area contributed by atoms with E-state index < -0.39 is 35.0 Å². The van der Waals surface area contributed by atoms with Crippen LogP contribution in [0.2, 0.25) is 0 Å². The molecule has 0 unspecified atom stereocenters. The van der Waals surface area contributed by atoms with Crippen LogP contribution in [0.3, 0.4) is 0 Å². The first-order valence-electron chi connectivity index (χ1n) is 16.5. The van der Waals surface area contributed by atoms with Crippen LogP contribution in [-0.2, 0) is 67.3 Å². The molecule has 0 atom stereocenters. The van der Waals surface area contributed by atoms with Crippen molar-refractivity contribution in [2.24, 2.45) is 0 Å². The number of esters is 5. The monoisotopic (exact) mass is 767 g/mol. The number of carbonyl (C=O) groups excluding carboxylic acids is 5. The minimum Gasteiger partial charge on any atom is -0.466 e. The molecule has 0 amide bonds. The van der Waals surface area contributed by atoms with Crippen molar-refractivity contribution in [2.75, 3.05) is 61.8 Å². The fourth-order valence-corrected chi connectivity index (χ4v) is 5.67. The molecule has 16 nitrogen and oxygen atoms in total. The summed E-state index contributed by atoms with van der Waals surface area (Å²) in [5.41, 5.74) is -2.99. The fraction of sp³-hybridized carbons (Fsp3) is 0.742. The maximum atomic E-state index is 13.2. The molecule has 0 aliphatic carbocycles. The standard InChI is InChI=1S/C31H49N3O13S3/c1-3-5-15-44-26(37)8-21-50-23-10-28(39)47-18-13-34-30(41)32(11-16-45-24(35)6-19-48)29(40)33(31(34)42)12-17-46-27(38)9-22-49-20-7-25(36)43-14-4-2/h48H,3-23H2,1-2H3. The number of rotatable bonds is 28. The average molecular weight is 768 g/mol. The van der Waals surface area contributed by atoms with Gasteiger partial charge in [0.1, 0.15) is 19.8 Å². The van der Waals surface area contributed by atoms with Gasteiger partial charge in [0.05, 0.1) is 65.0 Å². The van der Waals surface area contributed by atoms with Crippen LogP contribution < -0.4 is 17.1 Å². The van der Waals surface area contributed by atoms with Crippen molar-refractivity contribution in [3.63, 3.8) is 0 Å². The quantitative estimate of drug-likeness (QED) is 0.0556. The minimum atomic E-state index is -0.998. The molecule has 0 fully saturated rings. The molecule has 19 heteroatoms. The van der Waals surface area contributed by atoms with E-state index in [1.807, 2.05) is 13.8 Å². The average Bonchev–Trinajstić information content (AvgIpc) is 3.08. The molecule has 1 aromatic rings. The Morgan fingerprint density at radius 2 is 0.820 bits per heavy atom. The van der Waals surface area contributed by atoms with Gasteiger partial charge in [-0.25, -0.2) is 28.1 Å². The molecule has 284 valence electrons. The van der Waals surface area contributed by atoms with Gasteiger partial charge in [0.2, 0.25) is 0 Å². The van der Waals surface area contributed by atoms with Crippen molar-refractivity contribution in [3.05, 3.63) is 31.5 Å². The Labute approximate surface area is 304 Å². The number of thioether (sulfide) groups is 2. The third kappa shape index (κ3) is 19.3.